The van der Waals surface area contributed by atoms with Crippen LogP contribution in [0.2, 0.25) is 0 Å². The van der Waals surface area contributed by atoms with Gasteiger partial charge in [-0.1, -0.05) is 70.2 Å². The standard InChI is InChI=1S/C26H32N2O2S2.C2H6.CH3Cl/c1-5-30-24(29)15-16-28(18-20-9-7-6-8-10-20)26-27-25(23(32-26)17-19(2)3)21-11-13-22(31-4)14-12-21;2*1-2/h6-14,19H,5,15-18H2,1-4H3;1-2H3;1H3. The highest BCUT2D eigenvalue weighted by atomic mass is 35.5. The predicted octanol–water partition coefficient (Wildman–Crippen LogP) is 8.57. The molecule has 36 heavy (non-hydrogen) atoms. The van der Waals surface area contributed by atoms with Crippen LogP contribution < -0.4 is 4.90 Å². The molecule has 1 aromatic heterocycles. The van der Waals surface area contributed by atoms with Crippen molar-refractivity contribution in [1.29, 1.82) is 0 Å². The molecule has 2 aromatic carbocycles. The third-order valence-electron chi connectivity index (χ3n) is 5.02. The minimum atomic E-state index is -0.169. The first-order valence-corrected chi connectivity index (χ1v) is 15.3. The van der Waals surface area contributed by atoms with Crippen molar-refractivity contribution in [3.05, 3.63) is 65.0 Å². The lowest BCUT2D eigenvalue weighted by Crippen LogP contribution is -2.26. The molecular weight excluding hydrogens is 508 g/mol. The topological polar surface area (TPSA) is 42.4 Å². The Labute approximate surface area is 231 Å². The third-order valence-corrected chi connectivity index (χ3v) is 6.90. The predicted molar refractivity (Wildman–Crippen MR) is 160 cm³/mol. The molecule has 0 N–H and O–H groups in total. The molecule has 0 aliphatic heterocycles. The maximum Gasteiger partial charge on any atom is 0.307 e. The fourth-order valence-corrected chi connectivity index (χ4v) is 5.19. The Morgan fingerprint density at radius 2 is 1.72 bits per heavy atom. The van der Waals surface area contributed by atoms with Crippen LogP contribution in [0.5, 0.6) is 0 Å². The molecule has 0 fully saturated rings. The summed E-state index contributed by atoms with van der Waals surface area (Å²) in [5, 5.41) is 0.956. The maximum absolute atomic E-state index is 12.1. The number of nitrogens with zero attached hydrogens (tertiary/aromatic N) is 2. The summed E-state index contributed by atoms with van der Waals surface area (Å²) < 4.78 is 5.17. The van der Waals surface area contributed by atoms with Crippen molar-refractivity contribution in [3.8, 4) is 11.3 Å². The zero-order chi connectivity index (χ0) is 26.9. The summed E-state index contributed by atoms with van der Waals surface area (Å²) in [5.74, 6) is 0.368. The number of anilines is 1. The highest BCUT2D eigenvalue weighted by Gasteiger charge is 2.20. The van der Waals surface area contributed by atoms with Gasteiger partial charge in [0.05, 0.1) is 18.7 Å². The Morgan fingerprint density at radius 3 is 2.28 bits per heavy atom. The molecule has 3 aromatic rings. The van der Waals surface area contributed by atoms with E-state index in [2.05, 4.69) is 73.0 Å². The number of thiazole rings is 1. The van der Waals surface area contributed by atoms with Crippen molar-refractivity contribution in [3.63, 3.8) is 0 Å². The lowest BCUT2D eigenvalue weighted by Gasteiger charge is -2.21. The Hall–Kier alpha value is -2.02. The van der Waals surface area contributed by atoms with E-state index in [0.717, 1.165) is 22.8 Å². The number of hydrogen-bond acceptors (Lipinski definition) is 6. The molecule has 0 saturated carbocycles. The average molecular weight is 549 g/mol. The van der Waals surface area contributed by atoms with Gasteiger partial charge in [-0.05, 0) is 43.2 Å². The number of thioether (sulfide) groups is 1. The van der Waals surface area contributed by atoms with Gasteiger partial charge in [0.15, 0.2) is 5.13 Å². The molecule has 0 spiro atoms. The molecule has 0 radical (unpaired) electrons. The molecule has 0 aliphatic carbocycles. The molecule has 0 aliphatic rings. The van der Waals surface area contributed by atoms with Gasteiger partial charge in [0, 0.05) is 34.8 Å². The number of ether oxygens (including phenoxy) is 1. The smallest absolute Gasteiger partial charge is 0.307 e. The molecule has 0 atom stereocenters. The quantitative estimate of drug-likeness (QED) is 0.136. The van der Waals surface area contributed by atoms with Gasteiger partial charge >= 0.3 is 5.97 Å². The first kappa shape index (κ1) is 32.0. The minimum absolute atomic E-state index is 0.169. The molecule has 3 rings (SSSR count). The lowest BCUT2D eigenvalue weighted by atomic mass is 10.1. The molecular formula is C29H41ClN2O2S2. The highest BCUT2D eigenvalue weighted by Crippen LogP contribution is 2.36. The van der Waals surface area contributed by atoms with E-state index in [0.29, 0.717) is 32.0 Å². The number of carbonyl (C=O) groups is 1. The molecule has 4 nitrogen and oxygen atoms in total. The van der Waals surface area contributed by atoms with Gasteiger partial charge in [0.2, 0.25) is 0 Å². The van der Waals surface area contributed by atoms with Gasteiger partial charge < -0.3 is 9.64 Å². The van der Waals surface area contributed by atoms with Gasteiger partial charge in [-0.3, -0.25) is 4.79 Å². The molecule has 0 bridgehead atoms. The average Bonchev–Trinajstić information content (AvgIpc) is 3.32. The molecule has 0 unspecified atom stereocenters. The van der Waals surface area contributed by atoms with Crippen LogP contribution in [0.1, 0.15) is 51.5 Å². The first-order chi connectivity index (χ1) is 17.5. The molecule has 7 heteroatoms. The number of benzene rings is 2. The van der Waals surface area contributed by atoms with E-state index < -0.39 is 0 Å². The second-order valence-corrected chi connectivity index (χ2v) is 10.00. The fraction of sp³-hybridized carbons (Fsp3) is 0.448. The number of rotatable bonds is 11. The lowest BCUT2D eigenvalue weighted by molar-refractivity contribution is -0.142. The van der Waals surface area contributed by atoms with E-state index >= 15 is 0 Å². The summed E-state index contributed by atoms with van der Waals surface area (Å²) in [4.78, 5) is 21.9. The summed E-state index contributed by atoms with van der Waals surface area (Å²) in [5.41, 5.74) is 3.40. The molecule has 1 heterocycles. The van der Waals surface area contributed by atoms with E-state index in [4.69, 9.17) is 9.72 Å². The van der Waals surface area contributed by atoms with Crippen molar-refractivity contribution < 1.29 is 9.53 Å². The second kappa shape index (κ2) is 18.3. The largest absolute Gasteiger partial charge is 0.466 e. The number of aromatic nitrogens is 1. The van der Waals surface area contributed by atoms with E-state index in [1.807, 2.05) is 39.0 Å². The fourth-order valence-electron chi connectivity index (χ4n) is 3.46. The first-order valence-electron chi connectivity index (χ1n) is 12.5. The van der Waals surface area contributed by atoms with Crippen molar-refractivity contribution in [2.75, 3.05) is 30.7 Å². The third kappa shape index (κ3) is 10.5. The minimum Gasteiger partial charge on any atom is -0.466 e. The number of esters is 1. The maximum atomic E-state index is 12.1. The number of hydrogen-bond donors (Lipinski definition) is 0. The normalized spacial score (nSPS) is 10.1. The summed E-state index contributed by atoms with van der Waals surface area (Å²) in [7, 11) is 0. The highest BCUT2D eigenvalue weighted by molar-refractivity contribution is 7.98. The Balaban J connectivity index is 0.00000154. The summed E-state index contributed by atoms with van der Waals surface area (Å²) in [6.07, 6.45) is 4.89. The Kier molecular flexibility index (Phi) is 16.2. The number of carbonyl (C=O) groups excluding carboxylic acids is 1. The van der Waals surface area contributed by atoms with Crippen molar-refractivity contribution in [2.24, 2.45) is 5.92 Å². The SMILES string of the molecule is CC.CCOC(=O)CCN(Cc1ccccc1)c1nc(-c2ccc(SC)cc2)c(CC(C)C)s1.CCl. The van der Waals surface area contributed by atoms with E-state index in [1.54, 1.807) is 23.1 Å². The summed E-state index contributed by atoms with van der Waals surface area (Å²) in [6, 6.07) is 19.0. The molecule has 198 valence electrons. The van der Waals surface area contributed by atoms with Crippen LogP contribution in [0.25, 0.3) is 11.3 Å². The van der Waals surface area contributed by atoms with Crippen LogP contribution >= 0.6 is 34.7 Å². The van der Waals surface area contributed by atoms with Gasteiger partial charge in [-0.25, -0.2) is 4.98 Å². The summed E-state index contributed by atoms with van der Waals surface area (Å²) in [6.45, 7) is 12.0. The molecule has 0 saturated heterocycles. The monoisotopic (exact) mass is 548 g/mol. The van der Waals surface area contributed by atoms with Gasteiger partial charge in [-0.2, -0.15) is 0 Å². The zero-order valence-corrected chi connectivity index (χ0v) is 25.1. The van der Waals surface area contributed by atoms with Crippen molar-refractivity contribution in [1.82, 2.24) is 4.98 Å². The van der Waals surface area contributed by atoms with Gasteiger partial charge in [-0.15, -0.1) is 34.7 Å². The van der Waals surface area contributed by atoms with Crippen LogP contribution in [-0.2, 0) is 22.5 Å². The van der Waals surface area contributed by atoms with Crippen LogP contribution in [0.3, 0.4) is 0 Å². The van der Waals surface area contributed by atoms with Crippen LogP contribution in [0, 0.1) is 5.92 Å². The Bertz CT molecular complexity index is 992. The number of halogens is 1. The summed E-state index contributed by atoms with van der Waals surface area (Å²) >= 11 is 8.12. The van der Waals surface area contributed by atoms with Crippen molar-refractivity contribution >= 4 is 45.8 Å². The second-order valence-electron chi connectivity index (χ2n) is 8.06. The van der Waals surface area contributed by atoms with Crippen molar-refractivity contribution in [2.45, 2.75) is 58.9 Å². The number of alkyl halides is 1. The Morgan fingerprint density at radius 1 is 1.08 bits per heavy atom. The van der Waals surface area contributed by atoms with Crippen LogP contribution in [0.15, 0.2) is 59.5 Å². The van der Waals surface area contributed by atoms with E-state index in [9.17, 15) is 4.79 Å². The van der Waals surface area contributed by atoms with Crippen LogP contribution in [0.4, 0.5) is 5.13 Å². The van der Waals surface area contributed by atoms with E-state index in [-0.39, 0.29) is 5.97 Å². The van der Waals surface area contributed by atoms with Gasteiger partial charge in [0.25, 0.3) is 0 Å². The van der Waals surface area contributed by atoms with E-state index in [1.165, 1.54) is 21.7 Å². The van der Waals surface area contributed by atoms with Crippen LogP contribution in [-0.4, -0.2) is 36.7 Å². The van der Waals surface area contributed by atoms with Gasteiger partial charge in [0.1, 0.15) is 0 Å². The zero-order valence-electron chi connectivity index (χ0n) is 22.7. The molecule has 0 amide bonds.